The lowest BCUT2D eigenvalue weighted by atomic mass is 10.1. The van der Waals surface area contributed by atoms with Gasteiger partial charge in [0.2, 0.25) is 5.91 Å². The minimum atomic E-state index is -0.0673. The second kappa shape index (κ2) is 8.72. The van der Waals surface area contributed by atoms with Gasteiger partial charge in [0, 0.05) is 5.69 Å². The Hall–Kier alpha value is -2.64. The van der Waals surface area contributed by atoms with Crippen molar-refractivity contribution in [2.24, 2.45) is 0 Å². The van der Waals surface area contributed by atoms with Crippen molar-refractivity contribution in [3.8, 4) is 6.07 Å². The van der Waals surface area contributed by atoms with Crippen LogP contribution in [0.2, 0.25) is 0 Å². The van der Waals surface area contributed by atoms with Crippen molar-refractivity contribution >= 4 is 11.6 Å². The predicted molar refractivity (Wildman–Crippen MR) is 92.0 cm³/mol. The van der Waals surface area contributed by atoms with Gasteiger partial charge in [0.1, 0.15) is 0 Å². The number of hydrogen-bond donors (Lipinski definition) is 1. The van der Waals surface area contributed by atoms with Crippen LogP contribution in [0.15, 0.2) is 54.6 Å². The van der Waals surface area contributed by atoms with Crippen molar-refractivity contribution in [2.45, 2.75) is 12.8 Å². The van der Waals surface area contributed by atoms with Gasteiger partial charge < -0.3 is 5.32 Å². The number of benzene rings is 2. The number of nitrogens with zero attached hydrogens (tertiary/aromatic N) is 2. The summed E-state index contributed by atoms with van der Waals surface area (Å²) in [4.78, 5) is 14.0. The molecule has 0 atom stereocenters. The van der Waals surface area contributed by atoms with E-state index >= 15 is 0 Å². The zero-order valence-corrected chi connectivity index (χ0v) is 13.3. The molecule has 0 spiro atoms. The molecule has 0 bridgehead atoms. The zero-order valence-electron chi connectivity index (χ0n) is 13.3. The normalized spacial score (nSPS) is 10.3. The molecule has 0 aliphatic rings. The maximum Gasteiger partial charge on any atom is 0.238 e. The Kier molecular flexibility index (Phi) is 6.34. The molecule has 2 rings (SSSR count). The third kappa shape index (κ3) is 5.93. The van der Waals surface area contributed by atoms with Crippen LogP contribution >= 0.6 is 0 Å². The SMILES string of the molecule is CN(CCCc1ccccc1)CC(=O)Nc1cccc(C#N)c1. The van der Waals surface area contributed by atoms with E-state index in [1.807, 2.05) is 30.1 Å². The third-order valence-electron chi connectivity index (χ3n) is 3.54. The molecule has 0 saturated carbocycles. The largest absolute Gasteiger partial charge is 0.325 e. The first kappa shape index (κ1) is 16.7. The Morgan fingerprint density at radius 2 is 1.96 bits per heavy atom. The highest BCUT2D eigenvalue weighted by Crippen LogP contribution is 2.09. The van der Waals surface area contributed by atoms with Crippen molar-refractivity contribution in [1.29, 1.82) is 5.26 Å². The summed E-state index contributed by atoms with van der Waals surface area (Å²) in [6, 6.07) is 19.3. The maximum absolute atomic E-state index is 12.0. The van der Waals surface area contributed by atoms with Gasteiger partial charge in [-0.2, -0.15) is 5.26 Å². The number of aryl methyl sites for hydroxylation is 1. The van der Waals surface area contributed by atoms with Gasteiger partial charge in [0.05, 0.1) is 18.2 Å². The van der Waals surface area contributed by atoms with Crippen LogP contribution in [0.25, 0.3) is 0 Å². The summed E-state index contributed by atoms with van der Waals surface area (Å²) in [7, 11) is 1.94. The van der Waals surface area contributed by atoms with E-state index < -0.39 is 0 Å². The molecule has 1 amide bonds. The number of rotatable bonds is 7. The van der Waals surface area contributed by atoms with Crippen LogP contribution in [0.4, 0.5) is 5.69 Å². The Bertz CT molecular complexity index is 677. The first-order valence-electron chi connectivity index (χ1n) is 7.70. The summed E-state index contributed by atoms with van der Waals surface area (Å²) in [5, 5.41) is 11.7. The van der Waals surface area contributed by atoms with Gasteiger partial charge in [-0.05, 0) is 50.2 Å². The summed E-state index contributed by atoms with van der Waals surface area (Å²) in [6.45, 7) is 1.20. The van der Waals surface area contributed by atoms with Crippen LogP contribution in [0.5, 0.6) is 0 Å². The molecule has 0 aliphatic carbocycles. The van der Waals surface area contributed by atoms with Crippen molar-refractivity contribution in [2.75, 3.05) is 25.5 Å². The number of hydrogen-bond acceptors (Lipinski definition) is 3. The Morgan fingerprint density at radius 3 is 2.70 bits per heavy atom. The average Bonchev–Trinajstić information content (AvgIpc) is 2.56. The molecule has 0 aromatic heterocycles. The van der Waals surface area contributed by atoms with E-state index in [1.165, 1.54) is 5.56 Å². The second-order valence-corrected chi connectivity index (χ2v) is 5.57. The molecule has 0 radical (unpaired) electrons. The first-order valence-corrected chi connectivity index (χ1v) is 7.70. The van der Waals surface area contributed by atoms with Gasteiger partial charge in [-0.1, -0.05) is 36.4 Å². The number of carbonyl (C=O) groups is 1. The molecule has 0 fully saturated rings. The monoisotopic (exact) mass is 307 g/mol. The van der Waals surface area contributed by atoms with Crippen molar-refractivity contribution in [1.82, 2.24) is 4.90 Å². The summed E-state index contributed by atoms with van der Waals surface area (Å²) in [5.74, 6) is -0.0673. The highest BCUT2D eigenvalue weighted by molar-refractivity contribution is 5.92. The number of anilines is 1. The minimum Gasteiger partial charge on any atom is -0.325 e. The highest BCUT2D eigenvalue weighted by atomic mass is 16.2. The summed E-state index contributed by atoms with van der Waals surface area (Å²) < 4.78 is 0. The number of carbonyl (C=O) groups excluding carboxylic acids is 1. The van der Waals surface area contributed by atoms with Gasteiger partial charge in [0.15, 0.2) is 0 Å². The van der Waals surface area contributed by atoms with Crippen LogP contribution in [-0.4, -0.2) is 30.9 Å². The van der Waals surface area contributed by atoms with Crippen molar-refractivity contribution < 1.29 is 4.79 Å². The Balaban J connectivity index is 1.73. The van der Waals surface area contributed by atoms with Gasteiger partial charge >= 0.3 is 0 Å². The number of nitriles is 1. The summed E-state index contributed by atoms with van der Waals surface area (Å²) >= 11 is 0. The van der Waals surface area contributed by atoms with Crippen LogP contribution in [0.1, 0.15) is 17.5 Å². The van der Waals surface area contributed by atoms with Gasteiger partial charge in [-0.3, -0.25) is 9.69 Å². The lowest BCUT2D eigenvalue weighted by Gasteiger charge is -2.16. The maximum atomic E-state index is 12.0. The second-order valence-electron chi connectivity index (χ2n) is 5.57. The predicted octanol–water partition coefficient (Wildman–Crippen LogP) is 3.06. The van der Waals surface area contributed by atoms with E-state index in [2.05, 4.69) is 23.5 Å². The third-order valence-corrected chi connectivity index (χ3v) is 3.54. The summed E-state index contributed by atoms with van der Waals surface area (Å²) in [5.41, 5.74) is 2.52. The van der Waals surface area contributed by atoms with Gasteiger partial charge in [-0.15, -0.1) is 0 Å². The van der Waals surface area contributed by atoms with E-state index in [4.69, 9.17) is 5.26 Å². The molecular formula is C19H21N3O. The molecule has 0 unspecified atom stereocenters. The fourth-order valence-corrected chi connectivity index (χ4v) is 2.39. The van der Waals surface area contributed by atoms with E-state index in [1.54, 1.807) is 24.3 Å². The molecule has 4 nitrogen and oxygen atoms in total. The van der Waals surface area contributed by atoms with Gasteiger partial charge in [-0.25, -0.2) is 0 Å². The quantitative estimate of drug-likeness (QED) is 0.855. The molecule has 0 saturated heterocycles. The standard InChI is InChI=1S/C19H21N3O/c1-22(12-6-10-16-7-3-2-4-8-16)15-19(23)21-18-11-5-9-17(13-18)14-20/h2-5,7-9,11,13H,6,10,12,15H2,1H3,(H,21,23). The highest BCUT2D eigenvalue weighted by Gasteiger charge is 2.07. The molecule has 118 valence electrons. The molecule has 1 N–H and O–H groups in total. The molecule has 2 aromatic carbocycles. The lowest BCUT2D eigenvalue weighted by Crippen LogP contribution is -2.31. The van der Waals surface area contributed by atoms with Gasteiger partial charge in [0.25, 0.3) is 0 Å². The Labute approximate surface area is 137 Å². The fraction of sp³-hybridized carbons (Fsp3) is 0.263. The molecule has 0 heterocycles. The average molecular weight is 307 g/mol. The van der Waals surface area contributed by atoms with E-state index in [0.29, 0.717) is 17.8 Å². The molecule has 0 aliphatic heterocycles. The smallest absolute Gasteiger partial charge is 0.238 e. The zero-order chi connectivity index (χ0) is 16.5. The molecule has 4 heteroatoms. The molecule has 2 aromatic rings. The van der Waals surface area contributed by atoms with Crippen LogP contribution in [0, 0.1) is 11.3 Å². The number of amides is 1. The summed E-state index contributed by atoms with van der Waals surface area (Å²) in [6.07, 6.45) is 2.02. The van der Waals surface area contributed by atoms with Crippen LogP contribution in [0.3, 0.4) is 0 Å². The topological polar surface area (TPSA) is 56.1 Å². The van der Waals surface area contributed by atoms with E-state index in [0.717, 1.165) is 19.4 Å². The lowest BCUT2D eigenvalue weighted by molar-refractivity contribution is -0.117. The number of nitrogens with one attached hydrogen (secondary N) is 1. The molecule has 23 heavy (non-hydrogen) atoms. The fourth-order valence-electron chi connectivity index (χ4n) is 2.39. The van der Waals surface area contributed by atoms with E-state index in [9.17, 15) is 4.79 Å². The number of likely N-dealkylation sites (N-methyl/N-ethyl adjacent to an activating group) is 1. The first-order chi connectivity index (χ1) is 11.2. The van der Waals surface area contributed by atoms with Crippen LogP contribution < -0.4 is 5.32 Å². The van der Waals surface area contributed by atoms with E-state index in [-0.39, 0.29) is 5.91 Å². The van der Waals surface area contributed by atoms with Crippen molar-refractivity contribution in [3.63, 3.8) is 0 Å². The Morgan fingerprint density at radius 1 is 1.17 bits per heavy atom. The minimum absolute atomic E-state index is 0.0673. The van der Waals surface area contributed by atoms with Crippen LogP contribution in [-0.2, 0) is 11.2 Å². The van der Waals surface area contributed by atoms with Crippen molar-refractivity contribution in [3.05, 3.63) is 65.7 Å². The molecular weight excluding hydrogens is 286 g/mol.